The van der Waals surface area contributed by atoms with Crippen molar-refractivity contribution < 1.29 is 4.74 Å². The monoisotopic (exact) mass is 231 g/mol. The van der Waals surface area contributed by atoms with E-state index in [0.717, 1.165) is 30.5 Å². The number of ether oxygens (including phenoxy) is 1. The zero-order valence-corrected chi connectivity index (χ0v) is 9.74. The van der Waals surface area contributed by atoms with Gasteiger partial charge in [-0.05, 0) is 23.8 Å². The van der Waals surface area contributed by atoms with Crippen LogP contribution in [0.25, 0.3) is 0 Å². The fraction of sp³-hybridized carbons (Fsp3) is 0.875. The molecule has 1 aromatic heterocycles. The Morgan fingerprint density at radius 3 is 3.13 bits per heavy atom. The maximum Gasteiger partial charge on any atom is 0.209 e. The summed E-state index contributed by atoms with van der Waals surface area (Å²) < 4.78 is 6.97. The van der Waals surface area contributed by atoms with Crippen molar-refractivity contribution in [3.8, 4) is 0 Å². The highest BCUT2D eigenvalue weighted by Crippen LogP contribution is 2.14. The van der Waals surface area contributed by atoms with Crippen LogP contribution in [-0.4, -0.2) is 45.7 Å². The van der Waals surface area contributed by atoms with Crippen molar-refractivity contribution in [2.45, 2.75) is 25.0 Å². The molecule has 6 nitrogen and oxygen atoms in total. The average molecular weight is 231 g/mol. The summed E-state index contributed by atoms with van der Waals surface area (Å²) in [6.45, 7) is 4.78. The second kappa shape index (κ2) is 7.61. The molecule has 1 rings (SSSR count). The van der Waals surface area contributed by atoms with Crippen LogP contribution in [0.15, 0.2) is 5.16 Å². The van der Waals surface area contributed by atoms with Crippen LogP contribution in [-0.2, 0) is 11.3 Å². The van der Waals surface area contributed by atoms with Crippen LogP contribution in [0, 0.1) is 0 Å². The second-order valence-corrected chi connectivity index (χ2v) is 3.93. The summed E-state index contributed by atoms with van der Waals surface area (Å²) in [4.78, 5) is 0. The molecule has 0 aliphatic rings. The van der Waals surface area contributed by atoms with Crippen LogP contribution >= 0.6 is 11.8 Å². The minimum absolute atomic E-state index is 0.553. The van der Waals surface area contributed by atoms with E-state index < -0.39 is 0 Å². The van der Waals surface area contributed by atoms with E-state index >= 15 is 0 Å². The number of nitrogens with zero attached hydrogens (tertiary/aromatic N) is 4. The maximum atomic E-state index is 5.44. The van der Waals surface area contributed by atoms with Crippen molar-refractivity contribution in [3.63, 3.8) is 0 Å². The fourth-order valence-corrected chi connectivity index (χ4v) is 1.85. The van der Waals surface area contributed by atoms with E-state index in [9.17, 15) is 0 Å². The van der Waals surface area contributed by atoms with Crippen LogP contribution in [0.5, 0.6) is 0 Å². The molecule has 1 aromatic rings. The summed E-state index contributed by atoms with van der Waals surface area (Å²) in [7, 11) is 0. The molecule has 0 atom stereocenters. The van der Waals surface area contributed by atoms with E-state index in [-0.39, 0.29) is 0 Å². The minimum atomic E-state index is 0.553. The molecule has 0 aliphatic carbocycles. The van der Waals surface area contributed by atoms with Gasteiger partial charge in [-0.2, -0.15) is 0 Å². The van der Waals surface area contributed by atoms with E-state index in [0.29, 0.717) is 13.1 Å². The Hall–Kier alpha value is -0.660. The summed E-state index contributed by atoms with van der Waals surface area (Å²) in [5.74, 6) is 0.963. The average Bonchev–Trinajstić information content (AvgIpc) is 2.66. The van der Waals surface area contributed by atoms with E-state index in [1.807, 2.05) is 6.92 Å². The summed E-state index contributed by atoms with van der Waals surface area (Å²) >= 11 is 1.64. The molecule has 0 unspecified atom stereocenters. The maximum absolute atomic E-state index is 5.44. The zero-order chi connectivity index (χ0) is 10.9. The van der Waals surface area contributed by atoms with Gasteiger partial charge >= 0.3 is 0 Å². The van der Waals surface area contributed by atoms with Gasteiger partial charge in [-0.1, -0.05) is 11.8 Å². The van der Waals surface area contributed by atoms with Crippen molar-refractivity contribution in [2.75, 3.05) is 25.5 Å². The molecule has 0 radical (unpaired) electrons. The van der Waals surface area contributed by atoms with E-state index in [1.165, 1.54) is 0 Å². The topological polar surface area (TPSA) is 78.9 Å². The van der Waals surface area contributed by atoms with Gasteiger partial charge in [0.1, 0.15) is 0 Å². The highest BCUT2D eigenvalue weighted by molar-refractivity contribution is 7.99. The summed E-state index contributed by atoms with van der Waals surface area (Å²) in [6.07, 6.45) is 1.01. The molecule has 0 spiro atoms. The van der Waals surface area contributed by atoms with Gasteiger partial charge in [-0.3, -0.25) is 0 Å². The Morgan fingerprint density at radius 2 is 2.40 bits per heavy atom. The molecule has 0 fully saturated rings. The number of nitrogens with two attached hydrogens (primary N) is 1. The predicted octanol–water partition coefficient (Wildman–Crippen LogP) is 0.151. The number of thioether (sulfide) groups is 1. The second-order valence-electron chi connectivity index (χ2n) is 2.87. The smallest absolute Gasteiger partial charge is 0.209 e. The first kappa shape index (κ1) is 12.4. The lowest BCUT2D eigenvalue weighted by Gasteiger charge is -2.02. The Labute approximate surface area is 93.5 Å². The Bertz CT molecular complexity index is 267. The third kappa shape index (κ3) is 4.59. The molecule has 2 N–H and O–H groups in total. The van der Waals surface area contributed by atoms with Crippen molar-refractivity contribution in [2.24, 2.45) is 5.73 Å². The van der Waals surface area contributed by atoms with E-state index in [2.05, 4.69) is 15.5 Å². The zero-order valence-electron chi connectivity index (χ0n) is 8.93. The first-order valence-electron chi connectivity index (χ1n) is 5.05. The quantitative estimate of drug-likeness (QED) is 0.507. The number of hydrogen-bond donors (Lipinski definition) is 1. The lowest BCUT2D eigenvalue weighted by Crippen LogP contribution is -2.12. The predicted molar refractivity (Wildman–Crippen MR) is 58.7 cm³/mol. The van der Waals surface area contributed by atoms with Gasteiger partial charge in [-0.25, -0.2) is 4.68 Å². The van der Waals surface area contributed by atoms with Crippen LogP contribution < -0.4 is 5.73 Å². The van der Waals surface area contributed by atoms with Gasteiger partial charge in [0.2, 0.25) is 5.16 Å². The van der Waals surface area contributed by atoms with E-state index in [1.54, 1.807) is 16.4 Å². The Kier molecular flexibility index (Phi) is 6.29. The molecule has 7 heteroatoms. The molecule has 86 valence electrons. The van der Waals surface area contributed by atoms with Gasteiger partial charge in [0.05, 0.1) is 6.54 Å². The normalized spacial score (nSPS) is 10.8. The molecule has 0 aromatic carbocycles. The lowest BCUT2D eigenvalue weighted by atomic mass is 10.5. The molecule has 0 aliphatic heterocycles. The molecule has 0 amide bonds. The van der Waals surface area contributed by atoms with E-state index in [4.69, 9.17) is 10.5 Å². The molecular formula is C8H17N5OS. The van der Waals surface area contributed by atoms with Crippen molar-refractivity contribution >= 4 is 11.8 Å². The highest BCUT2D eigenvalue weighted by Gasteiger charge is 2.04. The minimum Gasteiger partial charge on any atom is -0.382 e. The first-order chi connectivity index (χ1) is 7.38. The van der Waals surface area contributed by atoms with Crippen LogP contribution in [0.1, 0.15) is 13.3 Å². The number of hydrogen-bond acceptors (Lipinski definition) is 6. The van der Waals surface area contributed by atoms with Crippen LogP contribution in [0.2, 0.25) is 0 Å². The lowest BCUT2D eigenvalue weighted by molar-refractivity contribution is 0.149. The highest BCUT2D eigenvalue weighted by atomic mass is 32.2. The van der Waals surface area contributed by atoms with Gasteiger partial charge in [0.15, 0.2) is 0 Å². The SMILES string of the molecule is CCOCCCSc1nnnn1CCN. The number of tetrazole rings is 1. The van der Waals surface area contributed by atoms with Gasteiger partial charge in [0.25, 0.3) is 0 Å². The van der Waals surface area contributed by atoms with Gasteiger partial charge in [-0.15, -0.1) is 5.10 Å². The number of rotatable bonds is 8. The first-order valence-corrected chi connectivity index (χ1v) is 6.03. The third-order valence-corrected chi connectivity index (χ3v) is 2.75. The summed E-state index contributed by atoms with van der Waals surface area (Å²) in [6, 6.07) is 0. The molecule has 1 heterocycles. The Balaban J connectivity index is 2.21. The molecule has 0 saturated carbocycles. The summed E-state index contributed by atoms with van der Waals surface area (Å²) in [5, 5.41) is 12.2. The van der Waals surface area contributed by atoms with Crippen molar-refractivity contribution in [1.29, 1.82) is 0 Å². The summed E-state index contributed by atoms with van der Waals surface area (Å²) in [5.41, 5.74) is 5.44. The molecular weight excluding hydrogens is 214 g/mol. The third-order valence-electron chi connectivity index (χ3n) is 1.71. The fourth-order valence-electron chi connectivity index (χ4n) is 1.03. The Morgan fingerprint density at radius 1 is 1.53 bits per heavy atom. The molecule has 0 saturated heterocycles. The van der Waals surface area contributed by atoms with Crippen LogP contribution in [0.4, 0.5) is 0 Å². The molecule has 15 heavy (non-hydrogen) atoms. The van der Waals surface area contributed by atoms with Gasteiger partial charge in [0, 0.05) is 25.5 Å². The van der Waals surface area contributed by atoms with Gasteiger partial charge < -0.3 is 10.5 Å². The largest absolute Gasteiger partial charge is 0.382 e. The molecule has 0 bridgehead atoms. The van der Waals surface area contributed by atoms with Crippen molar-refractivity contribution in [3.05, 3.63) is 0 Å². The van der Waals surface area contributed by atoms with Crippen LogP contribution in [0.3, 0.4) is 0 Å². The number of aromatic nitrogens is 4. The standard InChI is InChI=1S/C8H17N5OS/c1-2-14-6-3-7-15-8-10-11-12-13(8)5-4-9/h2-7,9H2,1H3. The van der Waals surface area contributed by atoms with Crippen molar-refractivity contribution in [1.82, 2.24) is 20.2 Å².